The van der Waals surface area contributed by atoms with Gasteiger partial charge in [-0.3, -0.25) is 10.1 Å². The SMILES string of the molecule is COc1cc2c([N+](=O)[O-])cc3ccccc3c2cc1OC. The van der Waals surface area contributed by atoms with Gasteiger partial charge < -0.3 is 9.47 Å². The van der Waals surface area contributed by atoms with Gasteiger partial charge in [0, 0.05) is 11.5 Å². The van der Waals surface area contributed by atoms with Crippen LogP contribution in [0.15, 0.2) is 42.5 Å². The monoisotopic (exact) mass is 283 g/mol. The van der Waals surface area contributed by atoms with Crippen molar-refractivity contribution in [3.8, 4) is 11.5 Å². The summed E-state index contributed by atoms with van der Waals surface area (Å²) in [6, 6.07) is 12.6. The van der Waals surface area contributed by atoms with Gasteiger partial charge >= 0.3 is 0 Å². The Labute approximate surface area is 120 Å². The van der Waals surface area contributed by atoms with E-state index in [1.54, 1.807) is 25.3 Å². The summed E-state index contributed by atoms with van der Waals surface area (Å²) < 4.78 is 10.5. The third-order valence-corrected chi connectivity index (χ3v) is 3.54. The molecule has 0 aliphatic rings. The summed E-state index contributed by atoms with van der Waals surface area (Å²) in [5, 5.41) is 14.4. The van der Waals surface area contributed by atoms with E-state index in [0.29, 0.717) is 16.9 Å². The first-order chi connectivity index (χ1) is 10.2. The lowest BCUT2D eigenvalue weighted by Gasteiger charge is -2.11. The second-order valence-electron chi connectivity index (χ2n) is 4.63. The minimum atomic E-state index is -0.374. The van der Waals surface area contributed by atoms with Crippen molar-refractivity contribution in [2.75, 3.05) is 14.2 Å². The van der Waals surface area contributed by atoms with Crippen LogP contribution in [0, 0.1) is 10.1 Å². The summed E-state index contributed by atoms with van der Waals surface area (Å²) in [6.07, 6.45) is 0. The lowest BCUT2D eigenvalue weighted by atomic mass is 9.99. The van der Waals surface area contributed by atoms with Crippen LogP contribution in [0.5, 0.6) is 11.5 Å². The lowest BCUT2D eigenvalue weighted by Crippen LogP contribution is -1.94. The molecular formula is C16H13NO4. The number of non-ortho nitro benzene ring substituents is 1. The average molecular weight is 283 g/mol. The van der Waals surface area contributed by atoms with Crippen molar-refractivity contribution >= 4 is 27.2 Å². The van der Waals surface area contributed by atoms with Gasteiger partial charge in [0.2, 0.25) is 0 Å². The standard InChI is InChI=1S/C16H13NO4/c1-20-15-8-12-11-6-4-3-5-10(11)7-14(17(18)19)13(12)9-16(15)21-2/h3-9H,1-2H3. The first-order valence-corrected chi connectivity index (χ1v) is 6.37. The summed E-state index contributed by atoms with van der Waals surface area (Å²) >= 11 is 0. The molecule has 0 radical (unpaired) electrons. The van der Waals surface area contributed by atoms with Crippen LogP contribution >= 0.6 is 0 Å². The normalized spacial score (nSPS) is 10.8. The molecule has 0 fully saturated rings. The molecule has 3 aromatic rings. The Kier molecular flexibility index (Phi) is 3.10. The fraction of sp³-hybridized carbons (Fsp3) is 0.125. The van der Waals surface area contributed by atoms with Crippen LogP contribution in [0.1, 0.15) is 0 Å². The molecule has 0 aliphatic heterocycles. The molecule has 0 aliphatic carbocycles. The van der Waals surface area contributed by atoms with Crippen LogP contribution in [0.25, 0.3) is 21.5 Å². The van der Waals surface area contributed by atoms with Crippen molar-refractivity contribution in [3.63, 3.8) is 0 Å². The highest BCUT2D eigenvalue weighted by molar-refractivity contribution is 6.12. The molecule has 21 heavy (non-hydrogen) atoms. The molecule has 0 unspecified atom stereocenters. The average Bonchev–Trinajstić information content (AvgIpc) is 2.52. The van der Waals surface area contributed by atoms with Gasteiger partial charge in [-0.2, -0.15) is 0 Å². The second-order valence-corrected chi connectivity index (χ2v) is 4.63. The molecule has 0 heterocycles. The Morgan fingerprint density at radius 3 is 2.14 bits per heavy atom. The Bertz CT molecular complexity index is 858. The van der Waals surface area contributed by atoms with Crippen molar-refractivity contribution in [1.82, 2.24) is 0 Å². The summed E-state index contributed by atoms with van der Waals surface area (Å²) in [7, 11) is 3.06. The second kappa shape index (κ2) is 4.94. The van der Waals surface area contributed by atoms with E-state index in [1.165, 1.54) is 7.11 Å². The molecule has 3 aromatic carbocycles. The van der Waals surface area contributed by atoms with Crippen LogP contribution < -0.4 is 9.47 Å². The summed E-state index contributed by atoms with van der Waals surface area (Å²) in [6.45, 7) is 0. The molecule has 0 atom stereocenters. The number of nitro groups is 1. The van der Waals surface area contributed by atoms with Gasteiger partial charge in [0.05, 0.1) is 24.5 Å². The molecule has 0 spiro atoms. The van der Waals surface area contributed by atoms with Gasteiger partial charge in [0.1, 0.15) is 0 Å². The van der Waals surface area contributed by atoms with Crippen LogP contribution in [0.4, 0.5) is 5.69 Å². The van der Waals surface area contributed by atoms with E-state index >= 15 is 0 Å². The first-order valence-electron chi connectivity index (χ1n) is 6.37. The summed E-state index contributed by atoms with van der Waals surface area (Å²) in [5.74, 6) is 1.03. The third-order valence-electron chi connectivity index (χ3n) is 3.54. The molecule has 5 nitrogen and oxygen atoms in total. The zero-order chi connectivity index (χ0) is 15.0. The van der Waals surface area contributed by atoms with Crippen molar-refractivity contribution in [1.29, 1.82) is 0 Å². The topological polar surface area (TPSA) is 61.6 Å². The molecule has 5 heteroatoms. The molecule has 0 saturated carbocycles. The molecule has 0 saturated heterocycles. The maximum atomic E-state index is 11.3. The summed E-state index contributed by atoms with van der Waals surface area (Å²) in [4.78, 5) is 11.0. The van der Waals surface area contributed by atoms with Crippen molar-refractivity contribution in [2.24, 2.45) is 0 Å². The van der Waals surface area contributed by atoms with Crippen molar-refractivity contribution < 1.29 is 14.4 Å². The fourth-order valence-electron chi connectivity index (χ4n) is 2.56. The Balaban J connectivity index is 2.53. The highest BCUT2D eigenvalue weighted by atomic mass is 16.6. The van der Waals surface area contributed by atoms with Gasteiger partial charge in [-0.15, -0.1) is 0 Å². The highest BCUT2D eigenvalue weighted by Crippen LogP contribution is 2.40. The smallest absolute Gasteiger partial charge is 0.277 e. The molecular weight excluding hydrogens is 270 g/mol. The number of hydrogen-bond donors (Lipinski definition) is 0. The Morgan fingerprint density at radius 2 is 1.52 bits per heavy atom. The number of methoxy groups -OCH3 is 2. The number of benzene rings is 3. The predicted molar refractivity (Wildman–Crippen MR) is 81.2 cm³/mol. The van der Waals surface area contributed by atoms with E-state index in [1.807, 2.05) is 24.3 Å². The Morgan fingerprint density at radius 1 is 0.905 bits per heavy atom. The molecule has 0 N–H and O–H groups in total. The van der Waals surface area contributed by atoms with Gasteiger partial charge in [-0.1, -0.05) is 24.3 Å². The zero-order valence-corrected chi connectivity index (χ0v) is 11.6. The molecule has 0 bridgehead atoms. The van der Waals surface area contributed by atoms with Crippen LogP contribution in [0.3, 0.4) is 0 Å². The van der Waals surface area contributed by atoms with Gasteiger partial charge in [-0.25, -0.2) is 0 Å². The largest absolute Gasteiger partial charge is 0.493 e. The minimum Gasteiger partial charge on any atom is -0.493 e. The van der Waals surface area contributed by atoms with Crippen molar-refractivity contribution in [2.45, 2.75) is 0 Å². The van der Waals surface area contributed by atoms with E-state index in [2.05, 4.69) is 0 Å². The quantitative estimate of drug-likeness (QED) is 0.415. The Hall–Kier alpha value is -2.82. The number of fused-ring (bicyclic) bond motifs is 3. The van der Waals surface area contributed by atoms with Crippen LogP contribution in [0.2, 0.25) is 0 Å². The van der Waals surface area contributed by atoms with Gasteiger partial charge in [-0.05, 0) is 22.9 Å². The van der Waals surface area contributed by atoms with Crippen LogP contribution in [-0.2, 0) is 0 Å². The lowest BCUT2D eigenvalue weighted by molar-refractivity contribution is -0.382. The molecule has 106 valence electrons. The van der Waals surface area contributed by atoms with Gasteiger partial charge in [0.25, 0.3) is 5.69 Å². The zero-order valence-electron chi connectivity index (χ0n) is 11.6. The van der Waals surface area contributed by atoms with E-state index < -0.39 is 0 Å². The minimum absolute atomic E-state index is 0.0599. The number of rotatable bonds is 3. The number of nitrogens with zero attached hydrogens (tertiary/aromatic N) is 1. The third kappa shape index (κ3) is 2.03. The molecule has 3 rings (SSSR count). The highest BCUT2D eigenvalue weighted by Gasteiger charge is 2.18. The number of ether oxygens (including phenoxy) is 2. The van der Waals surface area contributed by atoms with Crippen LogP contribution in [-0.4, -0.2) is 19.1 Å². The maximum Gasteiger partial charge on any atom is 0.277 e. The van der Waals surface area contributed by atoms with E-state index in [0.717, 1.165) is 16.2 Å². The van der Waals surface area contributed by atoms with E-state index in [-0.39, 0.29) is 10.6 Å². The number of hydrogen-bond acceptors (Lipinski definition) is 4. The summed E-state index contributed by atoms with van der Waals surface area (Å²) in [5.41, 5.74) is 0.0599. The van der Waals surface area contributed by atoms with E-state index in [4.69, 9.17) is 9.47 Å². The predicted octanol–water partition coefficient (Wildman–Crippen LogP) is 3.92. The number of nitro benzene ring substituents is 1. The maximum absolute atomic E-state index is 11.3. The molecule has 0 amide bonds. The van der Waals surface area contributed by atoms with Gasteiger partial charge in [0.15, 0.2) is 11.5 Å². The van der Waals surface area contributed by atoms with Crippen molar-refractivity contribution in [3.05, 3.63) is 52.6 Å². The fourth-order valence-corrected chi connectivity index (χ4v) is 2.56. The molecule has 0 aromatic heterocycles. The van der Waals surface area contributed by atoms with E-state index in [9.17, 15) is 10.1 Å². The first kappa shape index (κ1) is 13.2.